The first-order valence-electron chi connectivity index (χ1n) is 7.61. The minimum Gasteiger partial charge on any atom is -0.494 e. The van der Waals surface area contributed by atoms with Gasteiger partial charge < -0.3 is 14.8 Å². The first-order valence-corrected chi connectivity index (χ1v) is 7.61. The summed E-state index contributed by atoms with van der Waals surface area (Å²) in [6.45, 7) is 3.19. The molecule has 0 radical (unpaired) electrons. The van der Waals surface area contributed by atoms with Crippen molar-refractivity contribution in [2.75, 3.05) is 25.6 Å². The first kappa shape index (κ1) is 16.3. The third-order valence-electron chi connectivity index (χ3n) is 3.57. The van der Waals surface area contributed by atoms with Gasteiger partial charge in [0.15, 0.2) is 5.78 Å². The van der Waals surface area contributed by atoms with Crippen molar-refractivity contribution in [1.82, 2.24) is 0 Å². The number of nitrogens with one attached hydrogen (secondary N) is 1. The maximum atomic E-state index is 11.8. The molecular weight excluding hydrogens is 278 g/mol. The number of ketones is 1. The van der Waals surface area contributed by atoms with Crippen LogP contribution in [0.5, 0.6) is 0 Å². The Bertz CT molecular complexity index is 558. The Hall–Kier alpha value is -2.07. The lowest BCUT2D eigenvalue weighted by atomic mass is 10.1. The van der Waals surface area contributed by atoms with E-state index >= 15 is 0 Å². The second-order valence-electron chi connectivity index (χ2n) is 5.21. The predicted molar refractivity (Wildman–Crippen MR) is 87.9 cm³/mol. The van der Waals surface area contributed by atoms with Crippen LogP contribution in [0, 0.1) is 0 Å². The summed E-state index contributed by atoms with van der Waals surface area (Å²) in [7, 11) is 1.60. The SMILES string of the molecule is CCC1=CCC(=CNc2ccc(C(=O)CCOC)cc2)CO1. The highest BCUT2D eigenvalue weighted by Crippen LogP contribution is 2.18. The van der Waals surface area contributed by atoms with Crippen molar-refractivity contribution in [3.05, 3.63) is 53.4 Å². The number of methoxy groups -OCH3 is 1. The molecular formula is C18H23NO3. The zero-order valence-electron chi connectivity index (χ0n) is 13.2. The average Bonchev–Trinajstić information content (AvgIpc) is 2.58. The van der Waals surface area contributed by atoms with Crippen LogP contribution in [-0.2, 0) is 9.47 Å². The molecule has 1 aromatic carbocycles. The molecule has 0 atom stereocenters. The third-order valence-corrected chi connectivity index (χ3v) is 3.57. The first-order chi connectivity index (χ1) is 10.7. The topological polar surface area (TPSA) is 47.6 Å². The lowest BCUT2D eigenvalue weighted by Gasteiger charge is -2.16. The summed E-state index contributed by atoms with van der Waals surface area (Å²) in [4.78, 5) is 11.8. The fourth-order valence-corrected chi connectivity index (χ4v) is 2.17. The van der Waals surface area contributed by atoms with Gasteiger partial charge in [0.1, 0.15) is 6.61 Å². The van der Waals surface area contributed by atoms with Gasteiger partial charge in [-0.2, -0.15) is 0 Å². The smallest absolute Gasteiger partial charge is 0.165 e. The summed E-state index contributed by atoms with van der Waals surface area (Å²) in [5.41, 5.74) is 2.88. The van der Waals surface area contributed by atoms with Gasteiger partial charge in [-0.25, -0.2) is 0 Å². The molecule has 1 N–H and O–H groups in total. The molecule has 2 rings (SSSR count). The van der Waals surface area contributed by atoms with Crippen LogP contribution < -0.4 is 5.32 Å². The number of benzene rings is 1. The molecule has 1 heterocycles. The molecule has 1 aliphatic heterocycles. The maximum Gasteiger partial charge on any atom is 0.165 e. The van der Waals surface area contributed by atoms with E-state index in [2.05, 4.69) is 18.3 Å². The van der Waals surface area contributed by atoms with Gasteiger partial charge in [0.25, 0.3) is 0 Å². The van der Waals surface area contributed by atoms with Crippen molar-refractivity contribution in [2.24, 2.45) is 0 Å². The van der Waals surface area contributed by atoms with Crippen molar-refractivity contribution >= 4 is 11.5 Å². The van der Waals surface area contributed by atoms with Gasteiger partial charge in [-0.15, -0.1) is 0 Å². The number of anilines is 1. The minimum atomic E-state index is 0.102. The van der Waals surface area contributed by atoms with Crippen LogP contribution in [0.25, 0.3) is 0 Å². The number of rotatable bonds is 7. The number of hydrogen-bond donors (Lipinski definition) is 1. The summed E-state index contributed by atoms with van der Waals surface area (Å²) < 4.78 is 10.5. The summed E-state index contributed by atoms with van der Waals surface area (Å²) in [5.74, 6) is 1.17. The molecule has 0 saturated heterocycles. The van der Waals surface area contributed by atoms with Gasteiger partial charge in [0.05, 0.1) is 12.4 Å². The summed E-state index contributed by atoms with van der Waals surface area (Å²) in [6, 6.07) is 7.50. The van der Waals surface area contributed by atoms with E-state index in [4.69, 9.17) is 9.47 Å². The predicted octanol–water partition coefficient (Wildman–Crippen LogP) is 3.92. The monoisotopic (exact) mass is 301 g/mol. The van der Waals surface area contributed by atoms with Crippen LogP contribution in [-0.4, -0.2) is 26.1 Å². The van der Waals surface area contributed by atoms with Gasteiger partial charge in [-0.1, -0.05) is 6.92 Å². The molecule has 0 bridgehead atoms. The Morgan fingerprint density at radius 3 is 2.73 bits per heavy atom. The molecule has 0 spiro atoms. The minimum absolute atomic E-state index is 0.102. The molecule has 0 aliphatic carbocycles. The largest absolute Gasteiger partial charge is 0.494 e. The van der Waals surface area contributed by atoms with Gasteiger partial charge in [-0.05, 0) is 42.3 Å². The van der Waals surface area contributed by atoms with E-state index in [9.17, 15) is 4.79 Å². The Labute approximate surface area is 131 Å². The Morgan fingerprint density at radius 2 is 2.14 bits per heavy atom. The molecule has 0 aromatic heterocycles. The molecule has 0 unspecified atom stereocenters. The highest BCUT2D eigenvalue weighted by Gasteiger charge is 2.07. The zero-order valence-corrected chi connectivity index (χ0v) is 13.2. The second kappa shape index (κ2) is 8.39. The van der Waals surface area contributed by atoms with Crippen molar-refractivity contribution in [2.45, 2.75) is 26.2 Å². The summed E-state index contributed by atoms with van der Waals surface area (Å²) in [6.07, 6.45) is 6.37. The van der Waals surface area contributed by atoms with E-state index in [-0.39, 0.29) is 5.78 Å². The van der Waals surface area contributed by atoms with Gasteiger partial charge in [0.2, 0.25) is 0 Å². The highest BCUT2D eigenvalue weighted by atomic mass is 16.5. The molecule has 118 valence electrons. The van der Waals surface area contributed by atoms with Crippen LogP contribution in [0.1, 0.15) is 36.5 Å². The quantitative estimate of drug-likeness (QED) is 0.776. The van der Waals surface area contributed by atoms with Crippen LogP contribution in [0.4, 0.5) is 5.69 Å². The van der Waals surface area contributed by atoms with Gasteiger partial charge in [0, 0.05) is 37.4 Å². The van der Waals surface area contributed by atoms with Crippen LogP contribution in [0.2, 0.25) is 0 Å². The van der Waals surface area contributed by atoms with E-state index in [0.717, 1.165) is 24.3 Å². The van der Waals surface area contributed by atoms with E-state index in [0.29, 0.717) is 25.2 Å². The van der Waals surface area contributed by atoms with Crippen molar-refractivity contribution < 1.29 is 14.3 Å². The molecule has 0 amide bonds. The number of hydrogen-bond acceptors (Lipinski definition) is 4. The number of Topliss-reactive ketones (excluding diaryl/α,β-unsaturated/α-hetero) is 1. The number of allylic oxidation sites excluding steroid dienone is 2. The van der Waals surface area contributed by atoms with E-state index in [1.54, 1.807) is 7.11 Å². The lowest BCUT2D eigenvalue weighted by Crippen LogP contribution is -2.06. The van der Waals surface area contributed by atoms with Crippen LogP contribution in [0.15, 0.2) is 47.9 Å². The molecule has 22 heavy (non-hydrogen) atoms. The maximum absolute atomic E-state index is 11.8. The normalized spacial score (nSPS) is 16.1. The Balaban J connectivity index is 1.89. The van der Waals surface area contributed by atoms with Crippen molar-refractivity contribution in [1.29, 1.82) is 0 Å². The second-order valence-corrected chi connectivity index (χ2v) is 5.21. The molecule has 0 fully saturated rings. The zero-order chi connectivity index (χ0) is 15.8. The van der Waals surface area contributed by atoms with Crippen molar-refractivity contribution in [3.63, 3.8) is 0 Å². The van der Waals surface area contributed by atoms with Crippen LogP contribution in [0.3, 0.4) is 0 Å². The van der Waals surface area contributed by atoms with Gasteiger partial charge in [-0.3, -0.25) is 4.79 Å². The van der Waals surface area contributed by atoms with E-state index < -0.39 is 0 Å². The van der Waals surface area contributed by atoms with E-state index in [1.165, 1.54) is 5.57 Å². The van der Waals surface area contributed by atoms with Gasteiger partial charge >= 0.3 is 0 Å². The average molecular weight is 301 g/mol. The number of carbonyl (C=O) groups excluding carboxylic acids is 1. The molecule has 1 aliphatic rings. The summed E-state index contributed by atoms with van der Waals surface area (Å²) >= 11 is 0. The van der Waals surface area contributed by atoms with Crippen molar-refractivity contribution in [3.8, 4) is 0 Å². The standard InChI is InChI=1S/C18H23NO3/c1-3-17-9-4-14(13-22-17)12-19-16-7-5-15(6-8-16)18(20)10-11-21-2/h5-9,12,19H,3-4,10-11,13H2,1-2H3. The van der Waals surface area contributed by atoms with E-state index in [1.807, 2.05) is 30.5 Å². The number of carbonyl (C=O) groups is 1. The fourth-order valence-electron chi connectivity index (χ4n) is 2.17. The molecule has 4 nitrogen and oxygen atoms in total. The third kappa shape index (κ3) is 4.74. The number of ether oxygens (including phenoxy) is 2. The Kier molecular flexibility index (Phi) is 6.22. The Morgan fingerprint density at radius 1 is 1.36 bits per heavy atom. The fraction of sp³-hybridized carbons (Fsp3) is 0.389. The summed E-state index contributed by atoms with van der Waals surface area (Å²) in [5, 5.41) is 3.25. The lowest BCUT2D eigenvalue weighted by molar-refractivity contribution is 0.0932. The molecule has 1 aromatic rings. The molecule has 0 saturated carbocycles. The molecule has 4 heteroatoms. The highest BCUT2D eigenvalue weighted by molar-refractivity contribution is 5.96. The van der Waals surface area contributed by atoms with Crippen LogP contribution >= 0.6 is 0 Å².